The summed E-state index contributed by atoms with van der Waals surface area (Å²) in [5.41, 5.74) is 7.86. The Labute approximate surface area is 128 Å². The number of rotatable bonds is 4. The molecule has 106 valence electrons. The summed E-state index contributed by atoms with van der Waals surface area (Å²) in [5, 5.41) is 0.974. The van der Waals surface area contributed by atoms with Crippen LogP contribution in [0.3, 0.4) is 0 Å². The van der Waals surface area contributed by atoms with Crippen LogP contribution in [0.25, 0.3) is 0 Å². The molecular formula is C15H15Cl2NO2. The third-order valence-corrected chi connectivity index (χ3v) is 3.70. The van der Waals surface area contributed by atoms with Gasteiger partial charge in [0.1, 0.15) is 11.5 Å². The highest BCUT2D eigenvalue weighted by Crippen LogP contribution is 2.37. The van der Waals surface area contributed by atoms with Gasteiger partial charge in [0.25, 0.3) is 0 Å². The van der Waals surface area contributed by atoms with Gasteiger partial charge in [0.05, 0.1) is 25.3 Å². The molecule has 20 heavy (non-hydrogen) atoms. The quantitative estimate of drug-likeness (QED) is 0.926. The second-order valence-corrected chi connectivity index (χ2v) is 5.04. The van der Waals surface area contributed by atoms with Crippen LogP contribution in [0.5, 0.6) is 11.5 Å². The number of halogens is 2. The van der Waals surface area contributed by atoms with Crippen LogP contribution in [0.1, 0.15) is 17.2 Å². The molecule has 0 amide bonds. The molecule has 2 aromatic carbocycles. The van der Waals surface area contributed by atoms with Gasteiger partial charge in [0, 0.05) is 16.7 Å². The minimum Gasteiger partial charge on any atom is -0.496 e. The topological polar surface area (TPSA) is 44.5 Å². The smallest absolute Gasteiger partial charge is 0.138 e. The molecule has 3 nitrogen and oxygen atoms in total. The van der Waals surface area contributed by atoms with Gasteiger partial charge in [0.2, 0.25) is 0 Å². The van der Waals surface area contributed by atoms with Gasteiger partial charge in [0.15, 0.2) is 0 Å². The number of hydrogen-bond acceptors (Lipinski definition) is 3. The molecule has 0 heterocycles. The largest absolute Gasteiger partial charge is 0.496 e. The Morgan fingerprint density at radius 1 is 0.900 bits per heavy atom. The van der Waals surface area contributed by atoms with Crippen LogP contribution in [-0.4, -0.2) is 14.2 Å². The number of ether oxygens (including phenoxy) is 2. The van der Waals surface area contributed by atoms with Gasteiger partial charge in [-0.3, -0.25) is 0 Å². The molecule has 0 aliphatic rings. The third kappa shape index (κ3) is 2.85. The van der Waals surface area contributed by atoms with Crippen LogP contribution < -0.4 is 15.2 Å². The fourth-order valence-corrected chi connectivity index (χ4v) is 2.55. The van der Waals surface area contributed by atoms with Crippen molar-refractivity contribution in [3.63, 3.8) is 0 Å². The Morgan fingerprint density at radius 2 is 1.55 bits per heavy atom. The van der Waals surface area contributed by atoms with Gasteiger partial charge >= 0.3 is 0 Å². The number of hydrogen-bond donors (Lipinski definition) is 1. The van der Waals surface area contributed by atoms with E-state index in [0.717, 1.165) is 11.1 Å². The van der Waals surface area contributed by atoms with Crippen molar-refractivity contribution in [1.82, 2.24) is 0 Å². The van der Waals surface area contributed by atoms with Crippen LogP contribution >= 0.6 is 23.2 Å². The first-order valence-corrected chi connectivity index (χ1v) is 6.75. The second-order valence-electron chi connectivity index (χ2n) is 4.23. The predicted molar refractivity (Wildman–Crippen MR) is 82.0 cm³/mol. The summed E-state index contributed by atoms with van der Waals surface area (Å²) in [6.07, 6.45) is 0. The lowest BCUT2D eigenvalue weighted by atomic mass is 9.98. The molecule has 0 aromatic heterocycles. The maximum absolute atomic E-state index is 6.29. The van der Waals surface area contributed by atoms with Gasteiger partial charge in [-0.2, -0.15) is 0 Å². The highest BCUT2D eigenvalue weighted by atomic mass is 35.5. The third-order valence-electron chi connectivity index (χ3n) is 3.08. The minimum absolute atomic E-state index is 0.429. The molecule has 0 spiro atoms. The summed E-state index contributed by atoms with van der Waals surface area (Å²) < 4.78 is 10.5. The molecule has 0 radical (unpaired) electrons. The zero-order valence-electron chi connectivity index (χ0n) is 11.2. The minimum atomic E-state index is -0.429. The van der Waals surface area contributed by atoms with Crippen molar-refractivity contribution in [2.75, 3.05) is 14.2 Å². The van der Waals surface area contributed by atoms with E-state index in [1.54, 1.807) is 19.2 Å². The van der Waals surface area contributed by atoms with Gasteiger partial charge < -0.3 is 15.2 Å². The monoisotopic (exact) mass is 311 g/mol. The van der Waals surface area contributed by atoms with Crippen molar-refractivity contribution < 1.29 is 9.47 Å². The van der Waals surface area contributed by atoms with Crippen molar-refractivity contribution >= 4 is 23.2 Å². The summed E-state index contributed by atoms with van der Waals surface area (Å²) in [6.45, 7) is 0. The number of methoxy groups -OCH3 is 2. The van der Waals surface area contributed by atoms with Crippen molar-refractivity contribution in [3.05, 3.63) is 57.6 Å². The number of nitrogens with two attached hydrogens (primary N) is 1. The zero-order valence-corrected chi connectivity index (χ0v) is 12.7. The van der Waals surface area contributed by atoms with E-state index in [9.17, 15) is 0 Å². The Balaban J connectivity index is 2.48. The van der Waals surface area contributed by atoms with Crippen molar-refractivity contribution in [3.8, 4) is 11.5 Å². The molecule has 0 saturated carbocycles. The Morgan fingerprint density at radius 3 is 2.20 bits per heavy atom. The lowest BCUT2D eigenvalue weighted by Gasteiger charge is -2.18. The van der Waals surface area contributed by atoms with Crippen molar-refractivity contribution in [2.45, 2.75) is 6.04 Å². The van der Waals surface area contributed by atoms with E-state index in [2.05, 4.69) is 0 Å². The van der Waals surface area contributed by atoms with E-state index >= 15 is 0 Å². The van der Waals surface area contributed by atoms with Crippen molar-refractivity contribution in [1.29, 1.82) is 0 Å². The number of para-hydroxylation sites is 1. The van der Waals surface area contributed by atoms with E-state index in [0.29, 0.717) is 21.5 Å². The fourth-order valence-electron chi connectivity index (χ4n) is 2.03. The van der Waals surface area contributed by atoms with E-state index in [1.807, 2.05) is 24.3 Å². The lowest BCUT2D eigenvalue weighted by molar-refractivity contribution is 0.407. The van der Waals surface area contributed by atoms with Gasteiger partial charge in [-0.05, 0) is 17.7 Å². The molecule has 2 aromatic rings. The molecule has 0 saturated heterocycles. The Hall–Kier alpha value is -1.42. The first-order chi connectivity index (χ1) is 9.58. The Bertz CT molecular complexity index is 617. The SMILES string of the molecule is COc1cc(Cl)c(C(N)c2ccccc2OC)cc1Cl. The molecule has 0 aliphatic carbocycles. The molecule has 1 atom stereocenters. The van der Waals surface area contributed by atoms with Crippen LogP contribution in [0.2, 0.25) is 10.0 Å². The van der Waals surface area contributed by atoms with E-state index in [1.165, 1.54) is 7.11 Å². The molecule has 0 bridgehead atoms. The van der Waals surface area contributed by atoms with Crippen LogP contribution in [-0.2, 0) is 0 Å². The highest BCUT2D eigenvalue weighted by molar-refractivity contribution is 6.34. The van der Waals surface area contributed by atoms with E-state index < -0.39 is 6.04 Å². The molecule has 1 unspecified atom stereocenters. The molecule has 0 aliphatic heterocycles. The zero-order chi connectivity index (χ0) is 14.7. The molecule has 5 heteroatoms. The normalized spacial score (nSPS) is 12.1. The average molecular weight is 312 g/mol. The van der Waals surface area contributed by atoms with Gasteiger partial charge in [-0.25, -0.2) is 0 Å². The van der Waals surface area contributed by atoms with Crippen LogP contribution in [0.4, 0.5) is 0 Å². The summed E-state index contributed by atoms with van der Waals surface area (Å²) in [7, 11) is 3.14. The first kappa shape index (κ1) is 15.0. The van der Waals surface area contributed by atoms with Gasteiger partial charge in [-0.15, -0.1) is 0 Å². The highest BCUT2D eigenvalue weighted by Gasteiger charge is 2.18. The van der Waals surface area contributed by atoms with E-state index in [-0.39, 0.29) is 0 Å². The van der Waals surface area contributed by atoms with Crippen LogP contribution in [0, 0.1) is 0 Å². The summed E-state index contributed by atoms with van der Waals surface area (Å²) >= 11 is 12.4. The van der Waals surface area contributed by atoms with E-state index in [4.69, 9.17) is 38.4 Å². The summed E-state index contributed by atoms with van der Waals surface area (Å²) in [4.78, 5) is 0. The number of benzene rings is 2. The van der Waals surface area contributed by atoms with Crippen LogP contribution in [0.15, 0.2) is 36.4 Å². The molecule has 2 N–H and O–H groups in total. The molecular weight excluding hydrogens is 297 g/mol. The lowest BCUT2D eigenvalue weighted by Crippen LogP contribution is -2.13. The summed E-state index contributed by atoms with van der Waals surface area (Å²) in [5.74, 6) is 1.23. The summed E-state index contributed by atoms with van der Waals surface area (Å²) in [6, 6.07) is 10.5. The first-order valence-electron chi connectivity index (χ1n) is 6.00. The Kier molecular flexibility index (Phi) is 4.76. The fraction of sp³-hybridized carbons (Fsp3) is 0.200. The molecule has 2 rings (SSSR count). The standard InChI is InChI=1S/C15H15Cl2NO2/c1-19-13-6-4-3-5-9(13)15(18)10-7-12(17)14(20-2)8-11(10)16/h3-8,15H,18H2,1-2H3. The maximum atomic E-state index is 6.29. The second kappa shape index (κ2) is 6.35. The van der Waals surface area contributed by atoms with Crippen molar-refractivity contribution in [2.24, 2.45) is 5.73 Å². The van der Waals surface area contributed by atoms with Gasteiger partial charge in [-0.1, -0.05) is 41.4 Å². The molecule has 0 fully saturated rings. The average Bonchev–Trinajstić information content (AvgIpc) is 2.48. The maximum Gasteiger partial charge on any atom is 0.138 e. The predicted octanol–water partition coefficient (Wildman–Crippen LogP) is 4.06.